The number of halogens is 3. The summed E-state index contributed by atoms with van der Waals surface area (Å²) in [5.41, 5.74) is 2.54. The Morgan fingerprint density at radius 1 is 1.04 bits per heavy atom. The number of urea groups is 1. The lowest BCUT2D eigenvalue weighted by Crippen LogP contribution is -2.36. The first-order chi connectivity index (χ1) is 13.3. The van der Waals surface area contributed by atoms with Crippen LogP contribution in [0.25, 0.3) is 0 Å². The van der Waals surface area contributed by atoms with E-state index in [1.54, 1.807) is 48.0 Å². The maximum absolute atomic E-state index is 12.2. The summed E-state index contributed by atoms with van der Waals surface area (Å²) in [5.74, 6) is 0. The second-order valence-corrected chi connectivity index (χ2v) is 7.17. The average Bonchev–Trinajstić information content (AvgIpc) is 2.66. The van der Waals surface area contributed by atoms with E-state index in [0.717, 1.165) is 11.1 Å². The summed E-state index contributed by atoms with van der Waals surface area (Å²) in [7, 11) is 1.72. The van der Waals surface area contributed by atoms with E-state index in [1.165, 1.54) is 4.90 Å². The van der Waals surface area contributed by atoms with Gasteiger partial charge in [-0.2, -0.15) is 13.2 Å². The lowest BCUT2D eigenvalue weighted by atomic mass is 10.1. The lowest BCUT2D eigenvalue weighted by Gasteiger charge is -2.18. The number of nitrogens with one attached hydrogen (secondary N) is 1. The molecule has 28 heavy (non-hydrogen) atoms. The minimum Gasteiger partial charge on any atom is -0.367 e. The van der Waals surface area contributed by atoms with Crippen LogP contribution in [-0.2, 0) is 24.4 Å². The van der Waals surface area contributed by atoms with Crippen LogP contribution in [0.5, 0.6) is 0 Å². The van der Waals surface area contributed by atoms with E-state index < -0.39 is 12.8 Å². The molecule has 1 N–H and O–H groups in total. The molecule has 0 fully saturated rings. The van der Waals surface area contributed by atoms with Gasteiger partial charge in [0.25, 0.3) is 0 Å². The summed E-state index contributed by atoms with van der Waals surface area (Å²) in [6, 6.07) is 14.7. The topological polar surface area (TPSA) is 41.6 Å². The third-order valence-electron chi connectivity index (χ3n) is 3.93. The number of rotatable bonds is 8. The molecule has 0 aliphatic carbocycles. The number of hydrogen-bond acceptors (Lipinski definition) is 3. The van der Waals surface area contributed by atoms with Crippen molar-refractivity contribution in [1.82, 2.24) is 10.2 Å². The summed E-state index contributed by atoms with van der Waals surface area (Å²) in [6.07, 6.45) is -2.32. The molecule has 0 saturated heterocycles. The van der Waals surface area contributed by atoms with Crippen molar-refractivity contribution in [2.45, 2.75) is 30.8 Å². The third-order valence-corrected chi connectivity index (χ3v) is 4.67. The molecule has 0 aliphatic heterocycles. The standard InChI is InChI=1S/C20H23F3N2O2S/c1-25(12-16-7-9-18(28-2)10-8-16)19(26)24-11-15-3-5-17(6-4-15)13-27-14-20(21,22)23/h3-10H,11-14H2,1-2H3,(H,24,26). The molecule has 2 rings (SSSR count). The predicted octanol–water partition coefficient (Wildman–Crippen LogP) is 4.83. The normalized spacial score (nSPS) is 11.3. The van der Waals surface area contributed by atoms with Crippen LogP contribution < -0.4 is 5.32 Å². The number of alkyl halides is 3. The van der Waals surface area contributed by atoms with Crippen molar-refractivity contribution in [2.24, 2.45) is 0 Å². The van der Waals surface area contributed by atoms with E-state index in [-0.39, 0.29) is 12.6 Å². The monoisotopic (exact) mass is 412 g/mol. The number of hydrogen-bond donors (Lipinski definition) is 1. The van der Waals surface area contributed by atoms with Crippen molar-refractivity contribution in [3.8, 4) is 0 Å². The Hall–Kier alpha value is -2.19. The van der Waals surface area contributed by atoms with Crippen molar-refractivity contribution in [3.05, 3.63) is 65.2 Å². The highest BCUT2D eigenvalue weighted by Gasteiger charge is 2.27. The molecule has 0 unspecified atom stereocenters. The molecule has 2 amide bonds. The molecule has 152 valence electrons. The number of carbonyl (C=O) groups is 1. The molecule has 0 atom stereocenters. The van der Waals surface area contributed by atoms with Crippen molar-refractivity contribution < 1.29 is 22.7 Å². The number of amides is 2. The first-order valence-corrected chi connectivity index (χ1v) is 9.83. The fourth-order valence-corrected chi connectivity index (χ4v) is 2.84. The van der Waals surface area contributed by atoms with Gasteiger partial charge in [-0.25, -0.2) is 4.79 Å². The summed E-state index contributed by atoms with van der Waals surface area (Å²) in [4.78, 5) is 15.0. The molecule has 0 saturated carbocycles. The molecule has 0 aliphatic rings. The van der Waals surface area contributed by atoms with E-state index in [4.69, 9.17) is 0 Å². The fourth-order valence-electron chi connectivity index (χ4n) is 2.43. The van der Waals surface area contributed by atoms with Gasteiger partial charge < -0.3 is 15.0 Å². The Balaban J connectivity index is 1.76. The number of carbonyl (C=O) groups excluding carboxylic acids is 1. The van der Waals surface area contributed by atoms with Crippen LogP contribution in [-0.4, -0.2) is 37.0 Å². The number of thioether (sulfide) groups is 1. The second-order valence-electron chi connectivity index (χ2n) is 6.29. The van der Waals surface area contributed by atoms with Gasteiger partial charge in [0.05, 0.1) is 6.61 Å². The summed E-state index contributed by atoms with van der Waals surface area (Å²) in [5, 5.41) is 2.83. The van der Waals surface area contributed by atoms with Crippen LogP contribution in [0.3, 0.4) is 0 Å². The van der Waals surface area contributed by atoms with Gasteiger partial charge in [-0.1, -0.05) is 36.4 Å². The molecule has 2 aromatic carbocycles. The van der Waals surface area contributed by atoms with Crippen LogP contribution in [0.2, 0.25) is 0 Å². The first kappa shape index (κ1) is 22.1. The zero-order chi connectivity index (χ0) is 20.6. The molecule has 2 aromatic rings. The van der Waals surface area contributed by atoms with E-state index in [2.05, 4.69) is 10.1 Å². The molecule has 0 bridgehead atoms. The van der Waals surface area contributed by atoms with E-state index in [9.17, 15) is 18.0 Å². The van der Waals surface area contributed by atoms with Gasteiger partial charge in [0.15, 0.2) is 0 Å². The highest BCUT2D eigenvalue weighted by Crippen LogP contribution is 2.16. The van der Waals surface area contributed by atoms with Gasteiger partial charge in [-0.15, -0.1) is 11.8 Å². The van der Waals surface area contributed by atoms with Gasteiger partial charge in [0.1, 0.15) is 6.61 Å². The first-order valence-electron chi connectivity index (χ1n) is 8.61. The zero-order valence-electron chi connectivity index (χ0n) is 15.8. The van der Waals surface area contributed by atoms with E-state index in [0.29, 0.717) is 18.7 Å². The largest absolute Gasteiger partial charge is 0.411 e. The molecule has 4 nitrogen and oxygen atoms in total. The van der Waals surface area contributed by atoms with Crippen molar-refractivity contribution in [3.63, 3.8) is 0 Å². The minimum absolute atomic E-state index is 0.107. The quantitative estimate of drug-likeness (QED) is 0.632. The SMILES string of the molecule is CSc1ccc(CN(C)C(=O)NCc2ccc(COCC(F)(F)F)cc2)cc1. The highest BCUT2D eigenvalue weighted by molar-refractivity contribution is 7.98. The summed E-state index contributed by atoms with van der Waals surface area (Å²) < 4.78 is 40.8. The van der Waals surface area contributed by atoms with E-state index >= 15 is 0 Å². The predicted molar refractivity (Wildman–Crippen MR) is 104 cm³/mol. The van der Waals surface area contributed by atoms with Gasteiger partial charge in [-0.05, 0) is 35.1 Å². The molecule has 0 radical (unpaired) electrons. The molecule has 0 spiro atoms. The molecular formula is C20H23F3N2O2S. The van der Waals surface area contributed by atoms with Crippen molar-refractivity contribution in [1.29, 1.82) is 0 Å². The zero-order valence-corrected chi connectivity index (χ0v) is 16.6. The Labute approximate surface area is 167 Å². The number of ether oxygens (including phenoxy) is 1. The maximum Gasteiger partial charge on any atom is 0.411 e. The fraction of sp³-hybridized carbons (Fsp3) is 0.350. The molecule has 0 heterocycles. The third kappa shape index (κ3) is 7.82. The van der Waals surface area contributed by atoms with Gasteiger partial charge in [-0.3, -0.25) is 0 Å². The maximum atomic E-state index is 12.2. The Kier molecular flexibility index (Phi) is 8.19. The lowest BCUT2D eigenvalue weighted by molar-refractivity contribution is -0.176. The van der Waals surface area contributed by atoms with Gasteiger partial charge in [0, 0.05) is 25.0 Å². The summed E-state index contributed by atoms with van der Waals surface area (Å²) >= 11 is 1.66. The molecule has 8 heteroatoms. The van der Waals surface area contributed by atoms with Crippen LogP contribution in [0, 0.1) is 0 Å². The van der Waals surface area contributed by atoms with Crippen molar-refractivity contribution in [2.75, 3.05) is 19.9 Å². The highest BCUT2D eigenvalue weighted by atomic mass is 32.2. The van der Waals surface area contributed by atoms with Crippen LogP contribution in [0.15, 0.2) is 53.4 Å². The van der Waals surface area contributed by atoms with E-state index in [1.807, 2.05) is 30.5 Å². The summed E-state index contributed by atoms with van der Waals surface area (Å²) in [6.45, 7) is -0.546. The number of nitrogens with zero attached hydrogens (tertiary/aromatic N) is 1. The van der Waals surface area contributed by atoms with Crippen LogP contribution >= 0.6 is 11.8 Å². The Morgan fingerprint density at radius 3 is 2.18 bits per heavy atom. The molecule has 0 aromatic heterocycles. The average molecular weight is 412 g/mol. The van der Waals surface area contributed by atoms with Crippen LogP contribution in [0.1, 0.15) is 16.7 Å². The number of benzene rings is 2. The molecular weight excluding hydrogens is 389 g/mol. The van der Waals surface area contributed by atoms with Crippen molar-refractivity contribution >= 4 is 17.8 Å². The van der Waals surface area contributed by atoms with Crippen LogP contribution in [0.4, 0.5) is 18.0 Å². The smallest absolute Gasteiger partial charge is 0.367 e. The second kappa shape index (κ2) is 10.4. The Bertz CT molecular complexity index is 750. The Morgan fingerprint density at radius 2 is 1.61 bits per heavy atom. The van der Waals surface area contributed by atoms with Gasteiger partial charge >= 0.3 is 12.2 Å². The minimum atomic E-state index is -4.33. The van der Waals surface area contributed by atoms with Gasteiger partial charge in [0.2, 0.25) is 0 Å².